The standard InChI is InChI=1S/C40H44FN5O6/c1-6-44(3)18-19-45(4)17-7-20-50-36-24-32-30(23-35(36)49-5)33(14-16-42-32)52-34-13-10-28(22-31(34)41)43-39(47)37-38-27(15-21-51-38)25-46(40(37)48)29-11-8-26(2)9-12-29/h8-14,16,22-25H,6-7,15,17-21H2,1-5H3,(H,43,47). The van der Waals surface area contributed by atoms with Crippen LogP contribution in [0.3, 0.4) is 0 Å². The number of fused-ring (bicyclic) bond motifs is 2. The van der Waals surface area contributed by atoms with Gasteiger partial charge in [-0.05, 0) is 70.4 Å². The lowest BCUT2D eigenvalue weighted by Gasteiger charge is -2.21. The highest BCUT2D eigenvalue weighted by atomic mass is 19.1. The zero-order valence-electron chi connectivity index (χ0n) is 30.2. The van der Waals surface area contributed by atoms with E-state index < -0.39 is 17.3 Å². The first-order valence-electron chi connectivity index (χ1n) is 17.4. The highest BCUT2D eigenvalue weighted by Gasteiger charge is 2.27. The Hall–Kier alpha value is -5.46. The van der Waals surface area contributed by atoms with Crippen molar-refractivity contribution in [1.82, 2.24) is 19.4 Å². The lowest BCUT2D eigenvalue weighted by molar-refractivity contribution is 0.102. The van der Waals surface area contributed by atoms with Crippen molar-refractivity contribution in [3.05, 3.63) is 106 Å². The predicted octanol–water partition coefficient (Wildman–Crippen LogP) is 6.47. The second kappa shape index (κ2) is 16.3. The normalized spacial score (nSPS) is 12.2. The van der Waals surface area contributed by atoms with Crippen LogP contribution in [0.2, 0.25) is 0 Å². The van der Waals surface area contributed by atoms with E-state index >= 15 is 4.39 Å². The zero-order chi connectivity index (χ0) is 36.8. The van der Waals surface area contributed by atoms with Crippen molar-refractivity contribution in [2.45, 2.75) is 26.7 Å². The third-order valence-corrected chi connectivity index (χ3v) is 9.13. The Labute approximate surface area is 302 Å². The van der Waals surface area contributed by atoms with Gasteiger partial charge in [-0.3, -0.25) is 19.1 Å². The molecule has 3 heterocycles. The van der Waals surface area contributed by atoms with E-state index in [1.807, 2.05) is 31.2 Å². The minimum absolute atomic E-state index is 0.0651. The number of carbonyl (C=O) groups excluding carboxylic acids is 1. The van der Waals surface area contributed by atoms with Crippen LogP contribution in [0.25, 0.3) is 16.6 Å². The van der Waals surface area contributed by atoms with Crippen molar-refractivity contribution in [1.29, 1.82) is 0 Å². The molecule has 1 amide bonds. The third kappa shape index (κ3) is 8.19. The summed E-state index contributed by atoms with van der Waals surface area (Å²) in [6.07, 6.45) is 4.68. The molecule has 0 atom stereocenters. The monoisotopic (exact) mass is 709 g/mol. The number of carbonyl (C=O) groups is 1. The molecule has 0 aliphatic carbocycles. The number of hydrogen-bond acceptors (Lipinski definition) is 9. The van der Waals surface area contributed by atoms with Crippen LogP contribution < -0.4 is 29.8 Å². The summed E-state index contributed by atoms with van der Waals surface area (Å²) in [5, 5.41) is 3.27. The molecule has 0 saturated heterocycles. The minimum atomic E-state index is -0.715. The summed E-state index contributed by atoms with van der Waals surface area (Å²) in [7, 11) is 5.78. The first-order chi connectivity index (χ1) is 25.1. The Morgan fingerprint density at radius 3 is 2.52 bits per heavy atom. The predicted molar refractivity (Wildman–Crippen MR) is 199 cm³/mol. The van der Waals surface area contributed by atoms with Gasteiger partial charge in [0, 0.05) is 72.9 Å². The first kappa shape index (κ1) is 36.3. The summed E-state index contributed by atoms with van der Waals surface area (Å²) in [6, 6.07) is 16.7. The summed E-state index contributed by atoms with van der Waals surface area (Å²) >= 11 is 0. The van der Waals surface area contributed by atoms with Crippen LogP contribution in [0.4, 0.5) is 10.1 Å². The van der Waals surface area contributed by atoms with Crippen LogP contribution in [0, 0.1) is 12.7 Å². The summed E-state index contributed by atoms with van der Waals surface area (Å²) < 4.78 is 40.4. The number of amides is 1. The van der Waals surface area contributed by atoms with Gasteiger partial charge in [0.1, 0.15) is 17.1 Å². The quantitative estimate of drug-likeness (QED) is 0.122. The van der Waals surface area contributed by atoms with Crippen molar-refractivity contribution in [3.63, 3.8) is 0 Å². The fourth-order valence-electron chi connectivity index (χ4n) is 5.95. The van der Waals surface area contributed by atoms with E-state index in [-0.39, 0.29) is 22.7 Å². The van der Waals surface area contributed by atoms with E-state index in [0.29, 0.717) is 53.5 Å². The molecule has 6 rings (SSSR count). The molecule has 0 unspecified atom stereocenters. The van der Waals surface area contributed by atoms with Gasteiger partial charge in [-0.15, -0.1) is 0 Å². The number of benzene rings is 3. The van der Waals surface area contributed by atoms with Crippen LogP contribution in [0.15, 0.2) is 77.9 Å². The minimum Gasteiger partial charge on any atom is -0.493 e. The molecule has 1 aliphatic heterocycles. The van der Waals surface area contributed by atoms with Crippen LogP contribution in [0.5, 0.6) is 28.7 Å². The molecule has 0 fully saturated rings. The van der Waals surface area contributed by atoms with Gasteiger partial charge in [-0.1, -0.05) is 24.6 Å². The molecule has 0 saturated carbocycles. The number of rotatable bonds is 15. The number of aromatic nitrogens is 2. The number of nitrogens with one attached hydrogen (secondary N) is 1. The topological polar surface area (TPSA) is 107 Å². The Morgan fingerprint density at radius 1 is 0.981 bits per heavy atom. The number of methoxy groups -OCH3 is 1. The third-order valence-electron chi connectivity index (χ3n) is 9.13. The Morgan fingerprint density at radius 2 is 1.77 bits per heavy atom. The Balaban J connectivity index is 1.15. The molecular weight excluding hydrogens is 665 g/mol. The maximum absolute atomic E-state index is 15.5. The second-order valence-corrected chi connectivity index (χ2v) is 12.9. The van der Waals surface area contributed by atoms with Gasteiger partial charge in [-0.2, -0.15) is 0 Å². The van der Waals surface area contributed by atoms with Gasteiger partial charge in [0.25, 0.3) is 11.5 Å². The molecule has 272 valence electrons. The number of hydrogen-bond donors (Lipinski definition) is 1. The van der Waals surface area contributed by atoms with E-state index in [0.717, 1.165) is 49.8 Å². The summed E-state index contributed by atoms with van der Waals surface area (Å²) in [5.74, 6) is 0.183. The van der Waals surface area contributed by atoms with Gasteiger partial charge >= 0.3 is 0 Å². The molecule has 12 heteroatoms. The van der Waals surface area contributed by atoms with Crippen molar-refractivity contribution in [3.8, 4) is 34.4 Å². The van der Waals surface area contributed by atoms with Gasteiger partial charge in [0.15, 0.2) is 23.1 Å². The largest absolute Gasteiger partial charge is 0.493 e. The lowest BCUT2D eigenvalue weighted by Crippen LogP contribution is -2.31. The van der Waals surface area contributed by atoms with Crippen molar-refractivity contribution >= 4 is 22.5 Å². The molecular formula is C40H44FN5O6. The number of likely N-dealkylation sites (N-methyl/N-ethyl adjacent to an activating group) is 2. The average molecular weight is 710 g/mol. The number of aryl methyl sites for hydroxylation is 1. The number of nitrogens with zero attached hydrogens (tertiary/aromatic N) is 4. The average Bonchev–Trinajstić information content (AvgIpc) is 3.61. The zero-order valence-corrected chi connectivity index (χ0v) is 30.2. The summed E-state index contributed by atoms with van der Waals surface area (Å²) in [4.78, 5) is 36.2. The fraction of sp³-hybridized carbons (Fsp3) is 0.325. The van der Waals surface area contributed by atoms with Crippen molar-refractivity contribution < 1.29 is 28.1 Å². The summed E-state index contributed by atoms with van der Waals surface area (Å²) in [6.45, 7) is 8.87. The molecule has 0 bridgehead atoms. The number of halogens is 1. The number of pyridine rings is 2. The molecule has 0 radical (unpaired) electrons. The highest BCUT2D eigenvalue weighted by molar-refractivity contribution is 6.06. The molecule has 5 aromatic rings. The van der Waals surface area contributed by atoms with E-state index in [4.69, 9.17) is 18.9 Å². The van der Waals surface area contributed by atoms with E-state index in [1.54, 1.807) is 37.7 Å². The first-order valence-corrected chi connectivity index (χ1v) is 17.4. The maximum atomic E-state index is 15.5. The Kier molecular flexibility index (Phi) is 11.4. The van der Waals surface area contributed by atoms with Crippen molar-refractivity contribution in [2.24, 2.45) is 0 Å². The van der Waals surface area contributed by atoms with Gasteiger partial charge in [0.2, 0.25) is 0 Å². The lowest BCUT2D eigenvalue weighted by atomic mass is 10.1. The molecule has 11 nitrogen and oxygen atoms in total. The van der Waals surface area contributed by atoms with Crippen LogP contribution in [-0.4, -0.2) is 85.9 Å². The molecule has 0 spiro atoms. The molecule has 1 N–H and O–H groups in total. The van der Waals surface area contributed by atoms with E-state index in [2.05, 4.69) is 41.1 Å². The number of anilines is 1. The van der Waals surface area contributed by atoms with Gasteiger partial charge in [0.05, 0.1) is 25.8 Å². The Bertz CT molecular complexity index is 2120. The van der Waals surface area contributed by atoms with Crippen LogP contribution >= 0.6 is 0 Å². The summed E-state index contributed by atoms with van der Waals surface area (Å²) in [5.41, 5.74) is 2.48. The van der Waals surface area contributed by atoms with Crippen molar-refractivity contribution in [2.75, 3.05) is 65.9 Å². The van der Waals surface area contributed by atoms with Gasteiger partial charge in [-0.25, -0.2) is 4.39 Å². The van der Waals surface area contributed by atoms with E-state index in [1.165, 1.54) is 16.7 Å². The number of ether oxygens (including phenoxy) is 4. The van der Waals surface area contributed by atoms with Gasteiger partial charge < -0.3 is 34.1 Å². The highest BCUT2D eigenvalue weighted by Crippen LogP contribution is 2.38. The second-order valence-electron chi connectivity index (χ2n) is 12.9. The van der Waals surface area contributed by atoms with E-state index in [9.17, 15) is 9.59 Å². The van der Waals surface area contributed by atoms with Crippen LogP contribution in [0.1, 0.15) is 34.8 Å². The maximum Gasteiger partial charge on any atom is 0.271 e. The SMILES string of the molecule is CCN(C)CCN(C)CCCOc1cc2nccc(Oc3ccc(NC(=O)c4c5c(cn(-c6ccc(C)cc6)c4=O)CCO5)cc3F)c2cc1OC. The molecule has 3 aromatic carbocycles. The molecule has 52 heavy (non-hydrogen) atoms. The molecule has 2 aromatic heterocycles. The smallest absolute Gasteiger partial charge is 0.271 e. The fourth-order valence-corrected chi connectivity index (χ4v) is 5.95. The molecule has 1 aliphatic rings. The van der Waals surface area contributed by atoms with Crippen LogP contribution in [-0.2, 0) is 6.42 Å².